The topological polar surface area (TPSA) is 38.9 Å². The molecule has 0 aliphatic rings. The van der Waals surface area contributed by atoms with E-state index in [2.05, 4.69) is 4.98 Å². The summed E-state index contributed by atoms with van der Waals surface area (Å²) >= 11 is 0. The molecule has 2 aromatic rings. The predicted octanol–water partition coefficient (Wildman–Crippen LogP) is 3.10. The van der Waals surface area contributed by atoms with E-state index in [1.165, 1.54) is 0 Å². The van der Waals surface area contributed by atoms with Gasteiger partial charge in [-0.1, -0.05) is 6.92 Å². The lowest BCUT2D eigenvalue weighted by Gasteiger charge is -2.13. The number of aryl methyl sites for hydroxylation is 1. The van der Waals surface area contributed by atoms with Crippen LogP contribution < -0.4 is 5.73 Å². The van der Waals surface area contributed by atoms with Gasteiger partial charge in [-0.3, -0.25) is 0 Å². The van der Waals surface area contributed by atoms with Crippen molar-refractivity contribution >= 4 is 10.9 Å². The molecule has 0 saturated heterocycles. The zero-order valence-electron chi connectivity index (χ0n) is 10.8. The van der Waals surface area contributed by atoms with E-state index in [1.54, 1.807) is 13.0 Å². The number of nitrogens with zero attached hydrogens (tertiary/aromatic N) is 1. The van der Waals surface area contributed by atoms with Crippen LogP contribution in [-0.4, -0.2) is 11.5 Å². The normalized spacial score (nSPS) is 12.9. The van der Waals surface area contributed by atoms with E-state index in [-0.39, 0.29) is 11.4 Å². The third-order valence-electron chi connectivity index (χ3n) is 3.12. The molecule has 1 aromatic heterocycles. The van der Waals surface area contributed by atoms with E-state index < -0.39 is 17.5 Å². The molecule has 1 unspecified atom stereocenters. The van der Waals surface area contributed by atoms with Crippen molar-refractivity contribution in [2.45, 2.75) is 20.3 Å². The van der Waals surface area contributed by atoms with Crippen molar-refractivity contribution in [2.24, 2.45) is 11.7 Å². The second kappa shape index (κ2) is 5.17. The third kappa shape index (κ3) is 2.56. The molecule has 5 heteroatoms. The Labute approximate surface area is 109 Å². The molecule has 0 fully saturated rings. The number of halogens is 3. The van der Waals surface area contributed by atoms with Crippen molar-refractivity contribution in [1.29, 1.82) is 0 Å². The fourth-order valence-corrected chi connectivity index (χ4v) is 2.11. The molecule has 1 heterocycles. The van der Waals surface area contributed by atoms with Crippen LogP contribution in [0.5, 0.6) is 0 Å². The van der Waals surface area contributed by atoms with Crippen LogP contribution in [0, 0.1) is 30.3 Å². The summed E-state index contributed by atoms with van der Waals surface area (Å²) in [5, 5.41) is 0.308. The smallest absolute Gasteiger partial charge is 0.196 e. The second-order valence-electron chi connectivity index (χ2n) is 4.85. The molecule has 1 atom stereocenters. The number of pyridine rings is 1. The minimum Gasteiger partial charge on any atom is -0.330 e. The van der Waals surface area contributed by atoms with Crippen molar-refractivity contribution in [2.75, 3.05) is 6.54 Å². The van der Waals surface area contributed by atoms with Gasteiger partial charge in [0, 0.05) is 11.1 Å². The highest BCUT2D eigenvalue weighted by Crippen LogP contribution is 2.26. The number of rotatable bonds is 3. The molecular weight excluding hydrogens is 253 g/mol. The highest BCUT2D eigenvalue weighted by Gasteiger charge is 2.18. The SMILES string of the molecule is Cc1cc(CC(C)CN)c2cc(F)c(F)c(F)c2n1. The van der Waals surface area contributed by atoms with Gasteiger partial charge in [-0.2, -0.15) is 0 Å². The minimum absolute atomic E-state index is 0.127. The molecule has 0 bridgehead atoms. The van der Waals surface area contributed by atoms with Crippen LogP contribution >= 0.6 is 0 Å². The molecule has 0 amide bonds. The average Bonchev–Trinajstić information content (AvgIpc) is 2.37. The highest BCUT2D eigenvalue weighted by molar-refractivity contribution is 5.83. The number of nitrogens with two attached hydrogens (primary N) is 1. The maximum Gasteiger partial charge on any atom is 0.196 e. The molecule has 0 radical (unpaired) electrons. The highest BCUT2D eigenvalue weighted by atomic mass is 19.2. The van der Waals surface area contributed by atoms with Gasteiger partial charge in [0.2, 0.25) is 0 Å². The molecule has 2 rings (SSSR count). The van der Waals surface area contributed by atoms with E-state index in [0.29, 0.717) is 24.0 Å². The lowest BCUT2D eigenvalue weighted by molar-refractivity contribution is 0.452. The summed E-state index contributed by atoms with van der Waals surface area (Å²) < 4.78 is 40.3. The quantitative estimate of drug-likeness (QED) is 0.869. The summed E-state index contributed by atoms with van der Waals surface area (Å²) in [4.78, 5) is 3.96. The van der Waals surface area contributed by atoms with Gasteiger partial charge in [0.15, 0.2) is 17.5 Å². The minimum atomic E-state index is -1.48. The Morgan fingerprint density at radius 3 is 2.53 bits per heavy atom. The van der Waals surface area contributed by atoms with Crippen molar-refractivity contribution in [3.05, 3.63) is 40.8 Å². The van der Waals surface area contributed by atoms with Gasteiger partial charge in [-0.05, 0) is 43.5 Å². The summed E-state index contributed by atoms with van der Waals surface area (Å²) in [7, 11) is 0. The van der Waals surface area contributed by atoms with Crippen LogP contribution in [0.25, 0.3) is 10.9 Å². The first-order valence-corrected chi connectivity index (χ1v) is 6.07. The molecule has 0 saturated carbocycles. The maximum atomic E-state index is 13.7. The fraction of sp³-hybridized carbons (Fsp3) is 0.357. The zero-order chi connectivity index (χ0) is 14.2. The third-order valence-corrected chi connectivity index (χ3v) is 3.12. The molecule has 2 N–H and O–H groups in total. The van der Waals surface area contributed by atoms with E-state index in [9.17, 15) is 13.2 Å². The van der Waals surface area contributed by atoms with Gasteiger partial charge in [-0.25, -0.2) is 18.2 Å². The standard InChI is InChI=1S/C14H15F3N2/c1-7(6-18)3-9-4-8(2)19-14-10(9)5-11(15)12(16)13(14)17/h4-5,7H,3,6,18H2,1-2H3. The number of aromatic nitrogens is 1. The number of benzene rings is 1. The Morgan fingerprint density at radius 2 is 1.89 bits per heavy atom. The van der Waals surface area contributed by atoms with Crippen LogP contribution in [0.2, 0.25) is 0 Å². The lowest BCUT2D eigenvalue weighted by atomic mass is 9.97. The van der Waals surface area contributed by atoms with Gasteiger partial charge in [0.25, 0.3) is 0 Å². The van der Waals surface area contributed by atoms with E-state index in [1.807, 2.05) is 6.92 Å². The average molecular weight is 268 g/mol. The summed E-state index contributed by atoms with van der Waals surface area (Å²) in [6.07, 6.45) is 0.570. The van der Waals surface area contributed by atoms with Crippen LogP contribution in [0.4, 0.5) is 13.2 Å². The summed E-state index contributed by atoms with van der Waals surface area (Å²) in [6, 6.07) is 2.75. The van der Waals surface area contributed by atoms with Crippen LogP contribution in [0.15, 0.2) is 12.1 Å². The van der Waals surface area contributed by atoms with Crippen LogP contribution in [0.1, 0.15) is 18.2 Å². The fourth-order valence-electron chi connectivity index (χ4n) is 2.11. The van der Waals surface area contributed by atoms with E-state index in [4.69, 9.17) is 5.73 Å². The lowest BCUT2D eigenvalue weighted by Crippen LogP contribution is -2.13. The van der Waals surface area contributed by atoms with Crippen molar-refractivity contribution in [3.8, 4) is 0 Å². The Morgan fingerprint density at radius 1 is 1.21 bits per heavy atom. The Kier molecular flexibility index (Phi) is 3.75. The van der Waals surface area contributed by atoms with E-state index >= 15 is 0 Å². The van der Waals surface area contributed by atoms with Crippen molar-refractivity contribution in [3.63, 3.8) is 0 Å². The van der Waals surface area contributed by atoms with Crippen molar-refractivity contribution in [1.82, 2.24) is 4.98 Å². The molecule has 0 aliphatic heterocycles. The van der Waals surface area contributed by atoms with Crippen LogP contribution in [0.3, 0.4) is 0 Å². The van der Waals surface area contributed by atoms with Gasteiger partial charge in [0.1, 0.15) is 5.52 Å². The zero-order valence-corrected chi connectivity index (χ0v) is 10.8. The second-order valence-corrected chi connectivity index (χ2v) is 4.85. The van der Waals surface area contributed by atoms with Crippen molar-refractivity contribution < 1.29 is 13.2 Å². The van der Waals surface area contributed by atoms with Gasteiger partial charge < -0.3 is 5.73 Å². The first kappa shape index (κ1) is 13.8. The molecular formula is C14H15F3N2. The van der Waals surface area contributed by atoms with E-state index in [0.717, 1.165) is 11.6 Å². The largest absolute Gasteiger partial charge is 0.330 e. The molecule has 2 nitrogen and oxygen atoms in total. The van der Waals surface area contributed by atoms with Gasteiger partial charge >= 0.3 is 0 Å². The maximum absolute atomic E-state index is 13.7. The molecule has 1 aromatic carbocycles. The monoisotopic (exact) mass is 268 g/mol. The number of hydrogen-bond donors (Lipinski definition) is 1. The predicted molar refractivity (Wildman–Crippen MR) is 68.3 cm³/mol. The molecule has 102 valence electrons. The molecule has 0 spiro atoms. The Balaban J connectivity index is 2.70. The number of fused-ring (bicyclic) bond motifs is 1. The van der Waals surface area contributed by atoms with Gasteiger partial charge in [0.05, 0.1) is 0 Å². The van der Waals surface area contributed by atoms with Gasteiger partial charge in [-0.15, -0.1) is 0 Å². The van der Waals surface area contributed by atoms with Crippen LogP contribution in [-0.2, 0) is 6.42 Å². The summed E-state index contributed by atoms with van der Waals surface area (Å²) in [5.41, 5.74) is 6.74. The first-order valence-electron chi connectivity index (χ1n) is 6.07. The first-order chi connectivity index (χ1) is 8.93. The number of hydrogen-bond acceptors (Lipinski definition) is 2. The Hall–Kier alpha value is -1.62. The summed E-state index contributed by atoms with van der Waals surface area (Å²) in [5.74, 6) is -3.75. The Bertz CT molecular complexity index is 626. The molecule has 19 heavy (non-hydrogen) atoms. The summed E-state index contributed by atoms with van der Waals surface area (Å²) in [6.45, 7) is 4.10. The molecule has 0 aliphatic carbocycles.